The van der Waals surface area contributed by atoms with Crippen molar-refractivity contribution in [1.29, 1.82) is 0 Å². The number of hydrogen-bond donors (Lipinski definition) is 1. The molecule has 0 spiro atoms. The van der Waals surface area contributed by atoms with Gasteiger partial charge in [-0.1, -0.05) is 35.9 Å². The highest BCUT2D eigenvalue weighted by Gasteiger charge is 2.43. The molecule has 1 saturated heterocycles. The molecule has 1 aliphatic rings. The Morgan fingerprint density at radius 3 is 2.48 bits per heavy atom. The number of amides is 2. The Labute approximate surface area is 167 Å². The van der Waals surface area contributed by atoms with E-state index < -0.39 is 11.4 Å². The molecule has 2 aromatic carbocycles. The topological polar surface area (TPSA) is 49.4 Å². The lowest BCUT2D eigenvalue weighted by atomic mass is 10.1. The summed E-state index contributed by atoms with van der Waals surface area (Å²) in [4.78, 5) is 27.6. The van der Waals surface area contributed by atoms with Crippen LogP contribution in [0.3, 0.4) is 0 Å². The lowest BCUT2D eigenvalue weighted by Gasteiger charge is -2.30. The van der Waals surface area contributed by atoms with Crippen LogP contribution in [-0.2, 0) is 4.79 Å². The highest BCUT2D eigenvalue weighted by atomic mass is 35.5. The average Bonchev–Trinajstić information content (AvgIpc) is 3.07. The third-order valence-electron chi connectivity index (χ3n) is 4.23. The Hall–Kier alpha value is -2.05. The van der Waals surface area contributed by atoms with Crippen molar-refractivity contribution in [2.45, 2.75) is 31.3 Å². The average molecular weight is 407 g/mol. The van der Waals surface area contributed by atoms with E-state index in [4.69, 9.17) is 11.6 Å². The van der Waals surface area contributed by atoms with E-state index in [1.165, 1.54) is 23.9 Å². The zero-order valence-corrected chi connectivity index (χ0v) is 16.6. The first-order chi connectivity index (χ1) is 12.9. The van der Waals surface area contributed by atoms with Crippen molar-refractivity contribution in [3.63, 3.8) is 0 Å². The molecule has 2 amide bonds. The van der Waals surface area contributed by atoms with E-state index in [0.29, 0.717) is 16.3 Å². The normalized spacial score (nSPS) is 19.4. The van der Waals surface area contributed by atoms with Crippen LogP contribution in [0.25, 0.3) is 0 Å². The van der Waals surface area contributed by atoms with E-state index in [9.17, 15) is 14.0 Å². The van der Waals surface area contributed by atoms with Crippen LogP contribution in [0.15, 0.2) is 48.5 Å². The number of carbonyl (C=O) groups is 2. The van der Waals surface area contributed by atoms with Gasteiger partial charge in [-0.15, -0.1) is 11.8 Å². The summed E-state index contributed by atoms with van der Waals surface area (Å²) in [5.74, 6) is -0.414. The van der Waals surface area contributed by atoms with Crippen molar-refractivity contribution in [2.24, 2.45) is 0 Å². The lowest BCUT2D eigenvalue weighted by Crippen LogP contribution is -2.49. The number of benzene rings is 2. The predicted molar refractivity (Wildman–Crippen MR) is 106 cm³/mol. The molecule has 0 unspecified atom stereocenters. The minimum atomic E-state index is -0.628. The second kappa shape index (κ2) is 8.31. The van der Waals surface area contributed by atoms with Crippen molar-refractivity contribution in [3.8, 4) is 0 Å². The minimum Gasteiger partial charge on any atom is -0.352 e. The summed E-state index contributed by atoms with van der Waals surface area (Å²) in [5.41, 5.74) is 1.11. The van der Waals surface area contributed by atoms with E-state index in [1.807, 2.05) is 13.8 Å². The molecular formula is C20H20ClFN2O2S. The quantitative estimate of drug-likeness (QED) is 0.825. The number of hydrogen-bond acceptors (Lipinski definition) is 3. The van der Waals surface area contributed by atoms with Crippen LogP contribution >= 0.6 is 23.4 Å². The number of thioether (sulfide) groups is 1. The molecule has 0 aliphatic carbocycles. The van der Waals surface area contributed by atoms with E-state index in [-0.39, 0.29) is 23.7 Å². The summed E-state index contributed by atoms with van der Waals surface area (Å²) >= 11 is 7.70. The van der Waals surface area contributed by atoms with Gasteiger partial charge in [0.2, 0.25) is 5.91 Å². The first-order valence-electron chi connectivity index (χ1n) is 8.63. The van der Waals surface area contributed by atoms with Gasteiger partial charge < -0.3 is 10.2 Å². The van der Waals surface area contributed by atoms with Crippen LogP contribution in [0.4, 0.5) is 4.39 Å². The molecule has 0 radical (unpaired) electrons. The highest BCUT2D eigenvalue weighted by molar-refractivity contribution is 7.99. The molecule has 0 saturated carbocycles. The molecule has 2 atom stereocenters. The van der Waals surface area contributed by atoms with E-state index in [1.54, 1.807) is 41.3 Å². The summed E-state index contributed by atoms with van der Waals surface area (Å²) in [7, 11) is 0. The predicted octanol–water partition coefficient (Wildman–Crippen LogP) is 4.26. The molecule has 1 heterocycles. The van der Waals surface area contributed by atoms with Crippen LogP contribution in [-0.4, -0.2) is 34.6 Å². The van der Waals surface area contributed by atoms with Gasteiger partial charge >= 0.3 is 0 Å². The van der Waals surface area contributed by atoms with Crippen LogP contribution in [0, 0.1) is 5.82 Å². The standard InChI is InChI=1S/C20H20ClFN2O2S/c1-12(2)23-18(25)17-11-27-20(13-7-9-14(22)10-8-13)24(17)19(26)15-5-3-4-6-16(15)21/h3-10,12,17,20H,11H2,1-2H3,(H,23,25)/t17-,20-/m0/s1. The summed E-state index contributed by atoms with van der Waals surface area (Å²) < 4.78 is 13.3. The smallest absolute Gasteiger partial charge is 0.257 e. The van der Waals surface area contributed by atoms with Gasteiger partial charge in [0, 0.05) is 11.8 Å². The third-order valence-corrected chi connectivity index (χ3v) is 5.88. The van der Waals surface area contributed by atoms with Crippen molar-refractivity contribution in [2.75, 3.05) is 5.75 Å². The fourth-order valence-corrected chi connectivity index (χ4v) is 4.64. The molecule has 27 heavy (non-hydrogen) atoms. The summed E-state index contributed by atoms with van der Waals surface area (Å²) in [5, 5.41) is 2.82. The Kier molecular flexibility index (Phi) is 6.07. The van der Waals surface area contributed by atoms with Crippen LogP contribution in [0.2, 0.25) is 5.02 Å². The lowest BCUT2D eigenvalue weighted by molar-refractivity contribution is -0.125. The molecule has 2 aromatic rings. The van der Waals surface area contributed by atoms with Gasteiger partial charge in [0.25, 0.3) is 5.91 Å². The highest BCUT2D eigenvalue weighted by Crippen LogP contribution is 2.42. The van der Waals surface area contributed by atoms with E-state index in [0.717, 1.165) is 5.56 Å². The molecule has 7 heteroatoms. The summed E-state index contributed by atoms with van der Waals surface area (Å²) in [6, 6.07) is 12.1. The first kappa shape index (κ1) is 19.7. The van der Waals surface area contributed by atoms with Gasteiger partial charge in [-0.3, -0.25) is 9.59 Å². The van der Waals surface area contributed by atoms with Gasteiger partial charge in [0.05, 0.1) is 10.6 Å². The fraction of sp³-hybridized carbons (Fsp3) is 0.300. The van der Waals surface area contributed by atoms with Crippen LogP contribution in [0.1, 0.15) is 35.1 Å². The maximum Gasteiger partial charge on any atom is 0.257 e. The van der Waals surface area contributed by atoms with Gasteiger partial charge in [-0.25, -0.2) is 4.39 Å². The van der Waals surface area contributed by atoms with Gasteiger partial charge in [-0.05, 0) is 43.7 Å². The monoisotopic (exact) mass is 406 g/mol. The SMILES string of the molecule is CC(C)NC(=O)[C@@H]1CS[C@@H](c2ccc(F)cc2)N1C(=O)c1ccccc1Cl. The molecular weight excluding hydrogens is 387 g/mol. The summed E-state index contributed by atoms with van der Waals surface area (Å²) in [6.07, 6.45) is 0. The van der Waals surface area contributed by atoms with Crippen molar-refractivity contribution in [3.05, 3.63) is 70.5 Å². The van der Waals surface area contributed by atoms with E-state index >= 15 is 0 Å². The number of rotatable bonds is 4. The Balaban J connectivity index is 1.99. The van der Waals surface area contributed by atoms with Crippen molar-refractivity contribution < 1.29 is 14.0 Å². The maximum atomic E-state index is 13.3. The second-order valence-electron chi connectivity index (χ2n) is 6.61. The Bertz CT molecular complexity index is 844. The number of halogens is 2. The fourth-order valence-electron chi connectivity index (χ4n) is 3.00. The van der Waals surface area contributed by atoms with Crippen molar-refractivity contribution in [1.82, 2.24) is 10.2 Å². The number of carbonyl (C=O) groups excluding carboxylic acids is 2. The number of nitrogens with one attached hydrogen (secondary N) is 1. The van der Waals surface area contributed by atoms with Crippen molar-refractivity contribution >= 4 is 35.2 Å². The maximum absolute atomic E-state index is 13.3. The largest absolute Gasteiger partial charge is 0.352 e. The Morgan fingerprint density at radius 2 is 1.85 bits per heavy atom. The molecule has 1 N–H and O–H groups in total. The zero-order valence-electron chi connectivity index (χ0n) is 15.0. The minimum absolute atomic E-state index is 0.0374. The number of nitrogens with zero attached hydrogens (tertiary/aromatic N) is 1. The van der Waals surface area contributed by atoms with Gasteiger partial charge in [0.15, 0.2) is 0 Å². The Morgan fingerprint density at radius 1 is 1.19 bits per heavy atom. The molecule has 142 valence electrons. The second-order valence-corrected chi connectivity index (χ2v) is 8.13. The molecule has 0 bridgehead atoms. The van der Waals surface area contributed by atoms with Gasteiger partial charge in [-0.2, -0.15) is 0 Å². The van der Waals surface area contributed by atoms with Crippen LogP contribution < -0.4 is 5.32 Å². The van der Waals surface area contributed by atoms with Crippen LogP contribution in [0.5, 0.6) is 0 Å². The molecule has 3 rings (SSSR count). The third kappa shape index (κ3) is 4.28. The molecule has 1 fully saturated rings. The van der Waals surface area contributed by atoms with E-state index in [2.05, 4.69) is 5.32 Å². The molecule has 4 nitrogen and oxygen atoms in total. The zero-order chi connectivity index (χ0) is 19.6. The molecule has 1 aliphatic heterocycles. The first-order valence-corrected chi connectivity index (χ1v) is 10.1. The summed E-state index contributed by atoms with van der Waals surface area (Å²) in [6.45, 7) is 3.75. The molecule has 0 aromatic heterocycles. The van der Waals surface area contributed by atoms with Gasteiger partial charge in [0.1, 0.15) is 17.2 Å².